The highest BCUT2D eigenvalue weighted by Crippen LogP contribution is 2.48. The number of methoxy groups -OCH3 is 8. The highest BCUT2D eigenvalue weighted by molar-refractivity contribution is 5.63. The Morgan fingerprint density at radius 3 is 0.260 bits per heavy atom. The minimum absolute atomic E-state index is 0.205. The van der Waals surface area contributed by atoms with Crippen molar-refractivity contribution in [3.8, 4) is 46.0 Å². The molecule has 16 bridgehead atoms. The average molecular weight is 1410 g/mol. The summed E-state index contributed by atoms with van der Waals surface area (Å²) in [5.74, 6) is 6.87. The lowest BCUT2D eigenvalue weighted by Gasteiger charge is -2.28. The van der Waals surface area contributed by atoms with Gasteiger partial charge in [-0.2, -0.15) is 0 Å². The Kier molecular flexibility index (Phi) is 23.0. The maximum atomic E-state index is 6.78. The molecular formula is C96H128O8. The van der Waals surface area contributed by atoms with E-state index in [0.29, 0.717) is 51.4 Å². The van der Waals surface area contributed by atoms with Crippen molar-refractivity contribution in [3.63, 3.8) is 0 Å². The first-order chi connectivity index (χ1) is 48.2. The molecule has 0 aromatic heterocycles. The maximum absolute atomic E-state index is 6.78. The highest BCUT2D eigenvalue weighted by Gasteiger charge is 2.33. The van der Waals surface area contributed by atoms with E-state index in [9.17, 15) is 0 Å². The first kappa shape index (κ1) is 80.3. The molecule has 1 aliphatic rings. The molecule has 0 atom stereocenters. The summed E-state index contributed by atoms with van der Waals surface area (Å²) in [5, 5.41) is 0. The smallest absolute Gasteiger partial charge is 0.125 e. The lowest BCUT2D eigenvalue weighted by Crippen LogP contribution is -2.17. The quantitative estimate of drug-likeness (QED) is 0.149. The molecule has 0 spiro atoms. The topological polar surface area (TPSA) is 73.8 Å². The summed E-state index contributed by atoms with van der Waals surface area (Å²) in [6.07, 6.45) is 4.51. The van der Waals surface area contributed by atoms with Gasteiger partial charge >= 0.3 is 0 Å². The van der Waals surface area contributed by atoms with Gasteiger partial charge in [0, 0.05) is 51.4 Å². The van der Waals surface area contributed by atoms with Crippen LogP contribution >= 0.6 is 0 Å². The molecule has 0 saturated heterocycles. The van der Waals surface area contributed by atoms with E-state index in [4.69, 9.17) is 37.9 Å². The monoisotopic (exact) mass is 1410 g/mol. The predicted octanol–water partition coefficient (Wildman–Crippen LogP) is 23.2. The van der Waals surface area contributed by atoms with Crippen LogP contribution in [0.5, 0.6) is 46.0 Å². The molecule has 8 aromatic carbocycles. The van der Waals surface area contributed by atoms with Gasteiger partial charge in [0.15, 0.2) is 0 Å². The summed E-state index contributed by atoms with van der Waals surface area (Å²) in [7, 11) is 14.6. The Labute approximate surface area is 628 Å². The molecule has 0 N–H and O–H groups in total. The van der Waals surface area contributed by atoms with Crippen molar-refractivity contribution in [1.82, 2.24) is 0 Å². The third kappa shape index (κ3) is 17.5. The van der Waals surface area contributed by atoms with E-state index < -0.39 is 0 Å². The highest BCUT2D eigenvalue weighted by atomic mass is 16.5. The van der Waals surface area contributed by atoms with Crippen molar-refractivity contribution >= 4 is 0 Å². The summed E-state index contributed by atoms with van der Waals surface area (Å²) in [4.78, 5) is 0. The molecule has 1 aliphatic carbocycles. The van der Waals surface area contributed by atoms with Crippen LogP contribution in [0.3, 0.4) is 0 Å². The molecule has 0 amide bonds. The third-order valence-corrected chi connectivity index (χ3v) is 21.6. The van der Waals surface area contributed by atoms with Gasteiger partial charge in [-0.05, 0) is 177 Å². The van der Waals surface area contributed by atoms with Crippen LogP contribution < -0.4 is 37.9 Å². The van der Waals surface area contributed by atoms with Gasteiger partial charge in [-0.25, -0.2) is 0 Å². The van der Waals surface area contributed by atoms with Crippen molar-refractivity contribution in [1.29, 1.82) is 0 Å². The van der Waals surface area contributed by atoms with Crippen LogP contribution in [0.4, 0.5) is 0 Å². The molecule has 0 fully saturated rings. The second-order valence-electron chi connectivity index (χ2n) is 38.0. The largest absolute Gasteiger partial charge is 0.496 e. The molecule has 560 valence electrons. The lowest BCUT2D eigenvalue weighted by molar-refractivity contribution is 0.395. The standard InChI is InChI=1S/C96H128O8/c1-89(2,3)73-41-57-33-59-43-74(90(4,5)6)45-61(82(59)98-26)35-63-47-76(92(10,11)12)49-65(84(63)100-28)37-67-51-78(94(16,17)18)53-69(86(67)102-30)39-71-55-80(96(22,23)24)56-72(88(71)104-32)40-70-54-79(95(19,20)21)52-68(87(70)103-31)38-66-50-77(93(13,14)15)48-64(85(66)101-29)36-62-46-75(91(7,8)9)44-60(83(62)99-27)34-58(42-73)81(57)97-25/h41-56H,33-40H2,1-32H3. The molecule has 0 heterocycles. The number of rotatable bonds is 8. The van der Waals surface area contributed by atoms with Gasteiger partial charge in [0.05, 0.1) is 56.9 Å². The molecule has 8 heteroatoms. The second-order valence-corrected chi connectivity index (χ2v) is 38.0. The van der Waals surface area contributed by atoms with E-state index in [1.807, 2.05) is 56.9 Å². The number of fused-ring (bicyclic) bond motifs is 16. The summed E-state index contributed by atoms with van der Waals surface area (Å²) >= 11 is 0. The lowest BCUT2D eigenvalue weighted by atomic mass is 9.79. The van der Waals surface area contributed by atoms with E-state index >= 15 is 0 Å². The van der Waals surface area contributed by atoms with Crippen LogP contribution in [0.25, 0.3) is 0 Å². The van der Waals surface area contributed by atoms with Crippen LogP contribution in [0.15, 0.2) is 97.1 Å². The van der Waals surface area contributed by atoms with Crippen LogP contribution in [-0.4, -0.2) is 56.9 Å². The van der Waals surface area contributed by atoms with Crippen molar-refractivity contribution in [2.75, 3.05) is 56.9 Å². The van der Waals surface area contributed by atoms with Crippen LogP contribution in [0.1, 0.15) is 300 Å². The average Bonchev–Trinajstić information content (AvgIpc) is 0.773. The molecular weight excluding hydrogens is 1280 g/mol. The second kappa shape index (κ2) is 29.8. The zero-order chi connectivity index (χ0) is 77.1. The van der Waals surface area contributed by atoms with E-state index in [1.54, 1.807) is 0 Å². The molecule has 0 radical (unpaired) electrons. The summed E-state index contributed by atoms with van der Waals surface area (Å²) in [6, 6.07) is 38.0. The van der Waals surface area contributed by atoms with E-state index in [-0.39, 0.29) is 43.3 Å². The molecule has 9 rings (SSSR count). The Bertz CT molecular complexity index is 3430. The summed E-state index contributed by atoms with van der Waals surface area (Å²) in [5.41, 5.74) is 25.7. The van der Waals surface area contributed by atoms with Crippen molar-refractivity contribution in [2.45, 2.75) is 261 Å². The molecule has 8 nitrogen and oxygen atoms in total. The summed E-state index contributed by atoms with van der Waals surface area (Å²) in [6.45, 7) is 55.4. The SMILES string of the molecule is COc1c2cc(C(C)(C)C)cc1Cc1cc(C(C)(C)C)cc(c1OC)Cc1cc(C(C)(C)C)cc(c1OC)Cc1cc(C(C)(C)C)cc(c1OC)Cc1cc(C(C)(C)C)cc(c1OC)Cc1cc(C(C)(C)C)cc(c1OC)Cc1cc(C(C)(C)C)cc(c1OC)Cc1cc(C(C)(C)C)cc(c1OC)C2. The van der Waals surface area contributed by atoms with Crippen LogP contribution in [0, 0.1) is 0 Å². The van der Waals surface area contributed by atoms with Gasteiger partial charge in [-0.3, -0.25) is 0 Å². The minimum atomic E-state index is -0.205. The van der Waals surface area contributed by atoms with Gasteiger partial charge < -0.3 is 37.9 Å². The molecule has 104 heavy (non-hydrogen) atoms. The van der Waals surface area contributed by atoms with Gasteiger partial charge in [0.25, 0.3) is 0 Å². The van der Waals surface area contributed by atoms with E-state index in [0.717, 1.165) is 135 Å². The van der Waals surface area contributed by atoms with E-state index in [2.05, 4.69) is 263 Å². The zero-order valence-corrected chi connectivity index (χ0v) is 70.2. The Morgan fingerprint density at radius 2 is 0.212 bits per heavy atom. The Balaban J connectivity index is 1.42. The van der Waals surface area contributed by atoms with Crippen molar-refractivity contribution in [2.24, 2.45) is 0 Å². The van der Waals surface area contributed by atoms with Gasteiger partial charge in [-0.1, -0.05) is 263 Å². The predicted molar refractivity (Wildman–Crippen MR) is 436 cm³/mol. The minimum Gasteiger partial charge on any atom is -0.496 e. The number of hydrogen-bond donors (Lipinski definition) is 0. The Hall–Kier alpha value is -7.84. The number of benzene rings is 8. The normalized spacial score (nSPS) is 13.8. The Morgan fingerprint density at radius 1 is 0.144 bits per heavy atom. The first-order valence-electron chi connectivity index (χ1n) is 37.8. The molecule has 0 aliphatic heterocycles. The van der Waals surface area contributed by atoms with Gasteiger partial charge in [-0.15, -0.1) is 0 Å². The molecule has 8 aromatic rings. The maximum Gasteiger partial charge on any atom is 0.125 e. The third-order valence-electron chi connectivity index (χ3n) is 21.6. The fourth-order valence-electron chi connectivity index (χ4n) is 15.3. The molecule has 0 unspecified atom stereocenters. The van der Waals surface area contributed by atoms with Crippen molar-refractivity contribution in [3.05, 3.63) is 231 Å². The van der Waals surface area contributed by atoms with Gasteiger partial charge in [0.1, 0.15) is 46.0 Å². The number of ether oxygens (including phenoxy) is 8. The van der Waals surface area contributed by atoms with Gasteiger partial charge in [0.2, 0.25) is 0 Å². The zero-order valence-electron chi connectivity index (χ0n) is 70.2. The van der Waals surface area contributed by atoms with Crippen molar-refractivity contribution < 1.29 is 37.9 Å². The van der Waals surface area contributed by atoms with Crippen LogP contribution in [0.2, 0.25) is 0 Å². The van der Waals surface area contributed by atoms with E-state index in [1.165, 1.54) is 44.5 Å². The summed E-state index contributed by atoms with van der Waals surface area (Å²) < 4.78 is 54.2. The fourth-order valence-corrected chi connectivity index (χ4v) is 15.3. The first-order valence-corrected chi connectivity index (χ1v) is 37.8. The number of hydrogen-bond acceptors (Lipinski definition) is 8. The molecule has 0 saturated carbocycles. The van der Waals surface area contributed by atoms with Crippen LogP contribution in [-0.2, 0) is 94.7 Å². The fraction of sp³-hybridized carbons (Fsp3) is 0.500.